The Morgan fingerprint density at radius 2 is 1.81 bits per heavy atom. The van der Waals surface area contributed by atoms with Gasteiger partial charge in [0.15, 0.2) is 16.7 Å². The van der Waals surface area contributed by atoms with E-state index in [2.05, 4.69) is 4.98 Å². The Balaban J connectivity index is 1.78. The summed E-state index contributed by atoms with van der Waals surface area (Å²) < 4.78 is 5.11. The molecule has 0 spiro atoms. The van der Waals surface area contributed by atoms with E-state index in [1.165, 1.54) is 11.0 Å². The predicted octanol–water partition coefficient (Wildman–Crippen LogP) is 5.37. The molecule has 36 heavy (non-hydrogen) atoms. The number of aliphatic hydroxyl groups is 1. The van der Waals surface area contributed by atoms with Crippen LogP contribution in [0.5, 0.6) is 0 Å². The Bertz CT molecular complexity index is 1360. The van der Waals surface area contributed by atoms with Gasteiger partial charge in [-0.05, 0) is 43.0 Å². The van der Waals surface area contributed by atoms with Gasteiger partial charge in [0.25, 0.3) is 5.91 Å². The second-order valence-corrected chi connectivity index (χ2v) is 9.15. The van der Waals surface area contributed by atoms with Crippen LogP contribution < -0.4 is 4.90 Å². The summed E-state index contributed by atoms with van der Waals surface area (Å²) in [6, 6.07) is 15.9. The van der Waals surface area contributed by atoms with Gasteiger partial charge in [-0.2, -0.15) is 0 Å². The first-order chi connectivity index (χ1) is 17.3. The van der Waals surface area contributed by atoms with Crippen molar-refractivity contribution >= 4 is 40.2 Å². The zero-order valence-electron chi connectivity index (χ0n) is 20.2. The van der Waals surface area contributed by atoms with E-state index in [9.17, 15) is 19.5 Å². The molecular weight excluding hydrogens is 476 g/mol. The molecule has 1 aliphatic heterocycles. The van der Waals surface area contributed by atoms with Crippen molar-refractivity contribution in [3.8, 4) is 0 Å². The smallest absolute Gasteiger partial charge is 0.350 e. The van der Waals surface area contributed by atoms with Crippen molar-refractivity contribution in [2.24, 2.45) is 0 Å². The first-order valence-corrected chi connectivity index (χ1v) is 12.4. The molecule has 0 fully saturated rings. The molecule has 4 rings (SSSR count). The van der Waals surface area contributed by atoms with Gasteiger partial charge < -0.3 is 9.84 Å². The maximum absolute atomic E-state index is 13.3. The minimum absolute atomic E-state index is 0.0398. The molecule has 184 valence electrons. The number of anilines is 1. The molecule has 7 nitrogen and oxygen atoms in total. The number of thiazole rings is 1. The second-order valence-electron chi connectivity index (χ2n) is 8.17. The maximum atomic E-state index is 13.3. The summed E-state index contributed by atoms with van der Waals surface area (Å²) in [7, 11) is 0. The average Bonchev–Trinajstić information content (AvgIpc) is 3.40. The molecule has 2 aromatic carbocycles. The summed E-state index contributed by atoms with van der Waals surface area (Å²) in [6.07, 6.45) is 3.82. The van der Waals surface area contributed by atoms with Gasteiger partial charge in [0.05, 0.1) is 23.9 Å². The molecule has 1 aromatic heterocycles. The van der Waals surface area contributed by atoms with Crippen LogP contribution in [0.1, 0.15) is 51.9 Å². The first-order valence-electron chi connectivity index (χ1n) is 11.6. The summed E-state index contributed by atoms with van der Waals surface area (Å²) in [6.45, 7) is 5.60. The van der Waals surface area contributed by atoms with Crippen LogP contribution in [0.2, 0.25) is 0 Å². The molecule has 0 radical (unpaired) electrons. The van der Waals surface area contributed by atoms with E-state index < -0.39 is 29.5 Å². The third-order valence-corrected chi connectivity index (χ3v) is 6.99. The number of rotatable bonds is 8. The largest absolute Gasteiger partial charge is 0.503 e. The average molecular weight is 503 g/mol. The lowest BCUT2D eigenvalue weighted by Gasteiger charge is -2.24. The molecule has 0 saturated heterocycles. The number of ether oxygens (including phenoxy) is 1. The van der Waals surface area contributed by atoms with Crippen molar-refractivity contribution in [1.29, 1.82) is 0 Å². The van der Waals surface area contributed by atoms with Crippen LogP contribution in [-0.4, -0.2) is 34.4 Å². The predicted molar refractivity (Wildman–Crippen MR) is 139 cm³/mol. The SMILES string of the molecule is CCOC(=O)c1sc(N2C(=O)C(O)=C(C(=O)/C=C/c3ccccc3)C2c2ccc(CC)cc2)nc1C. The van der Waals surface area contributed by atoms with Gasteiger partial charge in [0.2, 0.25) is 0 Å². The Morgan fingerprint density at radius 3 is 2.44 bits per heavy atom. The number of carbonyl (C=O) groups is 3. The van der Waals surface area contributed by atoms with Gasteiger partial charge >= 0.3 is 5.97 Å². The lowest BCUT2D eigenvalue weighted by atomic mass is 9.94. The monoisotopic (exact) mass is 502 g/mol. The number of carbonyl (C=O) groups excluding carboxylic acids is 3. The number of esters is 1. The molecule has 1 atom stereocenters. The van der Waals surface area contributed by atoms with Crippen molar-refractivity contribution in [2.75, 3.05) is 11.5 Å². The second kappa shape index (κ2) is 10.7. The van der Waals surface area contributed by atoms with Crippen molar-refractivity contribution in [2.45, 2.75) is 33.2 Å². The number of ketones is 1. The van der Waals surface area contributed by atoms with E-state index in [1.807, 2.05) is 61.5 Å². The van der Waals surface area contributed by atoms with Crippen LogP contribution in [0.15, 0.2) is 72.0 Å². The number of aromatic nitrogens is 1. The van der Waals surface area contributed by atoms with Crippen LogP contribution in [-0.2, 0) is 20.7 Å². The molecule has 1 unspecified atom stereocenters. The molecule has 0 aliphatic carbocycles. The number of benzene rings is 2. The standard InChI is InChI=1S/C28H26N2O5S/c1-4-18-11-14-20(15-12-18)23-22(21(31)16-13-19-9-7-6-8-10-19)24(32)26(33)30(23)28-29-17(3)25(36-28)27(34)35-5-2/h6-16,23,32H,4-5H2,1-3H3/b16-13+. The summed E-state index contributed by atoms with van der Waals surface area (Å²) in [5, 5.41) is 11.1. The van der Waals surface area contributed by atoms with E-state index in [0.29, 0.717) is 11.3 Å². The van der Waals surface area contributed by atoms with E-state index in [-0.39, 0.29) is 22.2 Å². The number of hydrogen-bond acceptors (Lipinski definition) is 7. The van der Waals surface area contributed by atoms with Gasteiger partial charge in [0.1, 0.15) is 4.88 Å². The van der Waals surface area contributed by atoms with E-state index >= 15 is 0 Å². The molecule has 1 aliphatic rings. The van der Waals surface area contributed by atoms with Gasteiger partial charge in [-0.3, -0.25) is 14.5 Å². The van der Waals surface area contributed by atoms with Crippen LogP contribution in [0.3, 0.4) is 0 Å². The number of aliphatic hydroxyl groups excluding tert-OH is 1. The van der Waals surface area contributed by atoms with Crippen LogP contribution >= 0.6 is 11.3 Å². The molecule has 1 amide bonds. The minimum atomic E-state index is -0.906. The van der Waals surface area contributed by atoms with Gasteiger partial charge in [0, 0.05) is 0 Å². The molecule has 3 aromatic rings. The van der Waals surface area contributed by atoms with Crippen LogP contribution in [0.25, 0.3) is 6.08 Å². The normalized spacial score (nSPS) is 15.7. The quantitative estimate of drug-likeness (QED) is 0.328. The zero-order chi connectivity index (χ0) is 25.8. The number of allylic oxidation sites excluding steroid dienone is 1. The van der Waals surface area contributed by atoms with Crippen LogP contribution in [0, 0.1) is 6.92 Å². The lowest BCUT2D eigenvalue weighted by Crippen LogP contribution is -2.30. The zero-order valence-corrected chi connectivity index (χ0v) is 21.0. The van der Waals surface area contributed by atoms with Crippen molar-refractivity contribution in [3.63, 3.8) is 0 Å². The highest BCUT2D eigenvalue weighted by atomic mass is 32.1. The third kappa shape index (κ3) is 4.85. The van der Waals surface area contributed by atoms with Crippen molar-refractivity contribution in [3.05, 3.63) is 99.3 Å². The van der Waals surface area contributed by atoms with Gasteiger partial charge in [-0.15, -0.1) is 0 Å². The molecule has 2 heterocycles. The Hall–Kier alpha value is -4.04. The maximum Gasteiger partial charge on any atom is 0.350 e. The molecule has 0 bridgehead atoms. The highest BCUT2D eigenvalue weighted by Gasteiger charge is 2.45. The Kier molecular flexibility index (Phi) is 7.45. The molecule has 8 heteroatoms. The van der Waals surface area contributed by atoms with Gasteiger partial charge in [-0.1, -0.05) is 78.9 Å². The molecule has 0 saturated carbocycles. The summed E-state index contributed by atoms with van der Waals surface area (Å²) in [5.74, 6) is -2.41. The van der Waals surface area contributed by atoms with Crippen LogP contribution in [0.4, 0.5) is 5.13 Å². The fourth-order valence-corrected chi connectivity index (χ4v) is 4.99. The van der Waals surface area contributed by atoms with Crippen molar-refractivity contribution in [1.82, 2.24) is 4.98 Å². The Morgan fingerprint density at radius 1 is 1.11 bits per heavy atom. The first kappa shape index (κ1) is 25.1. The van der Waals surface area contributed by atoms with E-state index in [0.717, 1.165) is 28.9 Å². The highest BCUT2D eigenvalue weighted by molar-refractivity contribution is 7.17. The number of aryl methyl sites for hydroxylation is 2. The van der Waals surface area contributed by atoms with E-state index in [4.69, 9.17) is 4.74 Å². The number of hydrogen-bond donors (Lipinski definition) is 1. The molecular formula is C28H26N2O5S. The summed E-state index contributed by atoms with van der Waals surface area (Å²) in [5.41, 5.74) is 2.91. The Labute approximate surface area is 213 Å². The third-order valence-electron chi connectivity index (χ3n) is 5.86. The highest BCUT2D eigenvalue weighted by Crippen LogP contribution is 2.43. The summed E-state index contributed by atoms with van der Waals surface area (Å²) >= 11 is 0.993. The minimum Gasteiger partial charge on any atom is -0.503 e. The lowest BCUT2D eigenvalue weighted by molar-refractivity contribution is -0.117. The topological polar surface area (TPSA) is 96.8 Å². The fourth-order valence-electron chi connectivity index (χ4n) is 4.00. The number of nitrogens with zero attached hydrogens (tertiary/aromatic N) is 2. The van der Waals surface area contributed by atoms with Crippen molar-refractivity contribution < 1.29 is 24.2 Å². The number of amides is 1. The fraction of sp³-hybridized carbons (Fsp3) is 0.214. The molecule has 1 N–H and O–H groups in total. The van der Waals surface area contributed by atoms with E-state index in [1.54, 1.807) is 19.9 Å². The van der Waals surface area contributed by atoms with Gasteiger partial charge in [-0.25, -0.2) is 9.78 Å². The summed E-state index contributed by atoms with van der Waals surface area (Å²) in [4.78, 5) is 45.0.